The second-order valence-electron chi connectivity index (χ2n) is 6.75. The van der Waals surface area contributed by atoms with Crippen molar-refractivity contribution in [3.8, 4) is 0 Å². The summed E-state index contributed by atoms with van der Waals surface area (Å²) in [6.45, 7) is 2.96. The summed E-state index contributed by atoms with van der Waals surface area (Å²) in [4.78, 5) is 40.3. The van der Waals surface area contributed by atoms with Crippen molar-refractivity contribution in [1.82, 2.24) is 4.98 Å². The number of carbonyl (C=O) groups is 3. The minimum atomic E-state index is -0.951. The SMILES string of the molecule is CC(=O)c1cccc(NC(=O)C(C)OC(=O)CCc2ccc3ccccc3n2)c1. The number of amides is 1. The van der Waals surface area contributed by atoms with Crippen LogP contribution in [-0.4, -0.2) is 28.7 Å². The number of benzene rings is 2. The Morgan fingerprint density at radius 3 is 2.62 bits per heavy atom. The van der Waals surface area contributed by atoms with E-state index in [2.05, 4.69) is 10.3 Å². The molecular formula is C23H22N2O4. The number of rotatable bonds is 7. The molecule has 6 nitrogen and oxygen atoms in total. The minimum Gasteiger partial charge on any atom is -0.453 e. The molecule has 0 bridgehead atoms. The summed E-state index contributed by atoms with van der Waals surface area (Å²) in [5.74, 6) is -1.02. The van der Waals surface area contributed by atoms with Crippen LogP contribution in [0.3, 0.4) is 0 Å². The van der Waals surface area contributed by atoms with Gasteiger partial charge in [0.15, 0.2) is 11.9 Å². The van der Waals surface area contributed by atoms with Crippen LogP contribution in [0.2, 0.25) is 0 Å². The lowest BCUT2D eigenvalue weighted by atomic mass is 10.1. The first-order chi connectivity index (χ1) is 13.9. The standard InChI is InChI=1S/C23H22N2O4/c1-15(26)18-7-5-8-20(14-18)25-23(28)16(2)29-22(27)13-12-19-11-10-17-6-3-4-9-21(17)24-19/h3-11,14,16H,12-13H2,1-2H3,(H,25,28). The molecule has 2 aromatic carbocycles. The number of fused-ring (bicyclic) bond motifs is 1. The number of hydrogen-bond donors (Lipinski definition) is 1. The maximum Gasteiger partial charge on any atom is 0.306 e. The van der Waals surface area contributed by atoms with Crippen molar-refractivity contribution in [3.05, 3.63) is 71.9 Å². The quantitative estimate of drug-likeness (QED) is 0.488. The molecule has 1 aromatic heterocycles. The summed E-state index contributed by atoms with van der Waals surface area (Å²) < 4.78 is 5.23. The lowest BCUT2D eigenvalue weighted by Gasteiger charge is -2.14. The van der Waals surface area contributed by atoms with Crippen LogP contribution in [0.1, 0.15) is 36.3 Å². The highest BCUT2D eigenvalue weighted by Gasteiger charge is 2.18. The summed E-state index contributed by atoms with van der Waals surface area (Å²) in [5.41, 5.74) is 2.64. The summed E-state index contributed by atoms with van der Waals surface area (Å²) in [5, 5.41) is 3.70. The predicted molar refractivity (Wildman–Crippen MR) is 111 cm³/mol. The summed E-state index contributed by atoms with van der Waals surface area (Å²) >= 11 is 0. The van der Waals surface area contributed by atoms with Gasteiger partial charge in [-0.25, -0.2) is 0 Å². The smallest absolute Gasteiger partial charge is 0.306 e. The lowest BCUT2D eigenvalue weighted by Crippen LogP contribution is -2.30. The van der Waals surface area contributed by atoms with Gasteiger partial charge in [0.25, 0.3) is 5.91 Å². The number of ketones is 1. The van der Waals surface area contributed by atoms with Crippen LogP contribution in [0.25, 0.3) is 10.9 Å². The number of Topliss-reactive ketones (excluding diaryl/α,β-unsaturated/α-hetero) is 1. The average Bonchev–Trinajstić information content (AvgIpc) is 2.72. The Hall–Kier alpha value is -3.54. The number of carbonyl (C=O) groups excluding carboxylic acids is 3. The van der Waals surface area contributed by atoms with E-state index in [0.29, 0.717) is 17.7 Å². The Balaban J connectivity index is 1.52. The Labute approximate surface area is 168 Å². The number of pyridine rings is 1. The highest BCUT2D eigenvalue weighted by Crippen LogP contribution is 2.14. The van der Waals surface area contributed by atoms with Crippen LogP contribution in [0.15, 0.2) is 60.7 Å². The minimum absolute atomic E-state index is 0.0946. The van der Waals surface area contributed by atoms with Gasteiger partial charge >= 0.3 is 5.97 Å². The molecule has 0 saturated heterocycles. The van der Waals surface area contributed by atoms with Crippen molar-refractivity contribution in [1.29, 1.82) is 0 Å². The van der Waals surface area contributed by atoms with E-state index in [-0.39, 0.29) is 12.2 Å². The Morgan fingerprint density at radius 2 is 1.83 bits per heavy atom. The third-order valence-electron chi connectivity index (χ3n) is 4.46. The first-order valence-corrected chi connectivity index (χ1v) is 9.38. The fraction of sp³-hybridized carbons (Fsp3) is 0.217. The molecule has 0 aliphatic rings. The number of esters is 1. The maximum absolute atomic E-state index is 12.3. The number of para-hydroxylation sites is 1. The number of aryl methyl sites for hydroxylation is 1. The van der Waals surface area contributed by atoms with Gasteiger partial charge in [0.2, 0.25) is 0 Å². The van der Waals surface area contributed by atoms with Gasteiger partial charge < -0.3 is 10.1 Å². The molecule has 1 atom stereocenters. The highest BCUT2D eigenvalue weighted by atomic mass is 16.5. The zero-order chi connectivity index (χ0) is 20.8. The highest BCUT2D eigenvalue weighted by molar-refractivity contribution is 5.98. The molecule has 0 aliphatic heterocycles. The van der Waals surface area contributed by atoms with E-state index in [0.717, 1.165) is 16.6 Å². The van der Waals surface area contributed by atoms with Crippen molar-refractivity contribution < 1.29 is 19.1 Å². The number of nitrogens with one attached hydrogen (secondary N) is 1. The summed E-state index contributed by atoms with van der Waals surface area (Å²) in [7, 11) is 0. The number of aromatic nitrogens is 1. The zero-order valence-electron chi connectivity index (χ0n) is 16.3. The first kappa shape index (κ1) is 20.2. The molecule has 6 heteroatoms. The van der Waals surface area contributed by atoms with E-state index >= 15 is 0 Å². The molecule has 0 radical (unpaired) electrons. The molecule has 0 aliphatic carbocycles. The number of ether oxygens (including phenoxy) is 1. The van der Waals surface area contributed by atoms with E-state index in [4.69, 9.17) is 4.74 Å². The second-order valence-corrected chi connectivity index (χ2v) is 6.75. The largest absolute Gasteiger partial charge is 0.453 e. The normalized spacial score (nSPS) is 11.7. The lowest BCUT2D eigenvalue weighted by molar-refractivity contribution is -0.153. The van der Waals surface area contributed by atoms with Gasteiger partial charge in [0.05, 0.1) is 11.9 Å². The van der Waals surface area contributed by atoms with Crippen LogP contribution < -0.4 is 5.32 Å². The van der Waals surface area contributed by atoms with Gasteiger partial charge in [0.1, 0.15) is 0 Å². The first-order valence-electron chi connectivity index (χ1n) is 9.38. The van der Waals surface area contributed by atoms with Gasteiger partial charge in [0, 0.05) is 28.8 Å². The molecule has 3 aromatic rings. The fourth-order valence-electron chi connectivity index (χ4n) is 2.85. The zero-order valence-corrected chi connectivity index (χ0v) is 16.3. The monoisotopic (exact) mass is 390 g/mol. The molecule has 0 saturated carbocycles. The third-order valence-corrected chi connectivity index (χ3v) is 4.46. The molecule has 1 N–H and O–H groups in total. The molecule has 0 fully saturated rings. The molecule has 1 heterocycles. The van der Waals surface area contributed by atoms with Crippen LogP contribution in [0, 0.1) is 0 Å². The van der Waals surface area contributed by atoms with Gasteiger partial charge in [-0.05, 0) is 38.1 Å². The van der Waals surface area contributed by atoms with Crippen molar-refractivity contribution in [3.63, 3.8) is 0 Å². The average molecular weight is 390 g/mol. The topological polar surface area (TPSA) is 85.4 Å². The van der Waals surface area contributed by atoms with Crippen molar-refractivity contribution in [2.24, 2.45) is 0 Å². The van der Waals surface area contributed by atoms with E-state index in [1.165, 1.54) is 13.8 Å². The molecule has 29 heavy (non-hydrogen) atoms. The van der Waals surface area contributed by atoms with Crippen molar-refractivity contribution in [2.75, 3.05) is 5.32 Å². The van der Waals surface area contributed by atoms with Crippen molar-refractivity contribution >= 4 is 34.3 Å². The molecule has 148 valence electrons. The summed E-state index contributed by atoms with van der Waals surface area (Å²) in [6.07, 6.45) is -0.394. The van der Waals surface area contributed by atoms with E-state index in [1.54, 1.807) is 24.3 Å². The molecule has 0 spiro atoms. The Kier molecular flexibility index (Phi) is 6.34. The van der Waals surface area contributed by atoms with E-state index in [9.17, 15) is 14.4 Å². The number of nitrogens with zero attached hydrogens (tertiary/aromatic N) is 1. The van der Waals surface area contributed by atoms with Crippen LogP contribution in [0.5, 0.6) is 0 Å². The molecule has 3 rings (SSSR count). The van der Waals surface area contributed by atoms with Gasteiger partial charge in [-0.1, -0.05) is 36.4 Å². The number of hydrogen-bond acceptors (Lipinski definition) is 5. The van der Waals surface area contributed by atoms with Crippen LogP contribution in [0.4, 0.5) is 5.69 Å². The predicted octanol–water partition coefficient (Wildman–Crippen LogP) is 3.94. The third kappa shape index (κ3) is 5.48. The van der Waals surface area contributed by atoms with Crippen LogP contribution >= 0.6 is 0 Å². The molecule has 1 amide bonds. The Morgan fingerprint density at radius 1 is 1.03 bits per heavy atom. The maximum atomic E-state index is 12.3. The second kappa shape index (κ2) is 9.10. The Bertz CT molecular complexity index is 1060. The van der Waals surface area contributed by atoms with Gasteiger partial charge in [-0.15, -0.1) is 0 Å². The van der Waals surface area contributed by atoms with E-state index < -0.39 is 18.0 Å². The fourth-order valence-corrected chi connectivity index (χ4v) is 2.85. The van der Waals surface area contributed by atoms with Gasteiger partial charge in [-0.3, -0.25) is 19.4 Å². The molecule has 1 unspecified atom stereocenters. The molecular weight excluding hydrogens is 368 g/mol. The van der Waals surface area contributed by atoms with Gasteiger partial charge in [-0.2, -0.15) is 0 Å². The van der Waals surface area contributed by atoms with E-state index in [1.807, 2.05) is 36.4 Å². The summed E-state index contributed by atoms with van der Waals surface area (Å²) in [6, 6.07) is 18.2. The number of anilines is 1. The van der Waals surface area contributed by atoms with Crippen LogP contribution in [-0.2, 0) is 20.7 Å². The van der Waals surface area contributed by atoms with Crippen molar-refractivity contribution in [2.45, 2.75) is 32.8 Å².